The van der Waals surface area contributed by atoms with Crippen LogP contribution in [0.5, 0.6) is 0 Å². The highest BCUT2D eigenvalue weighted by molar-refractivity contribution is 5.16. The van der Waals surface area contributed by atoms with Crippen LogP contribution in [0.15, 0.2) is 0 Å². The number of nitrogens with one attached hydrogen (secondary N) is 1. The van der Waals surface area contributed by atoms with E-state index in [9.17, 15) is 5.26 Å². The van der Waals surface area contributed by atoms with Gasteiger partial charge in [-0.05, 0) is 19.4 Å². The number of terminal acetylenes is 1. The van der Waals surface area contributed by atoms with Gasteiger partial charge in [0.2, 0.25) is 0 Å². The maximum atomic E-state index is 9.29. The molecule has 0 aromatic heterocycles. The van der Waals surface area contributed by atoms with Crippen molar-refractivity contribution in [2.24, 2.45) is 5.92 Å². The summed E-state index contributed by atoms with van der Waals surface area (Å²) in [4.78, 5) is 2.43. The van der Waals surface area contributed by atoms with E-state index in [1.54, 1.807) is 0 Å². The van der Waals surface area contributed by atoms with Crippen molar-refractivity contribution in [3.8, 4) is 18.4 Å². The minimum Gasteiger partial charge on any atom is -0.303 e. The van der Waals surface area contributed by atoms with Crippen LogP contribution in [0.1, 0.15) is 12.8 Å². The Labute approximate surface area is 85.1 Å². The highest BCUT2D eigenvalue weighted by Gasteiger charge is 2.46. The van der Waals surface area contributed by atoms with E-state index in [1.807, 2.05) is 0 Å². The molecule has 3 heteroatoms. The molecule has 0 aliphatic carbocycles. The van der Waals surface area contributed by atoms with Crippen molar-refractivity contribution >= 4 is 0 Å². The van der Waals surface area contributed by atoms with Crippen molar-refractivity contribution in [2.75, 3.05) is 26.2 Å². The summed E-state index contributed by atoms with van der Waals surface area (Å²) in [7, 11) is 0. The van der Waals surface area contributed by atoms with Gasteiger partial charge in [-0.1, -0.05) is 5.92 Å². The third-order valence-electron chi connectivity index (χ3n) is 3.50. The predicted octanol–water partition coefficient (Wildman–Crippen LogP) is 0.197. The summed E-state index contributed by atoms with van der Waals surface area (Å²) in [5.74, 6) is 3.02. The van der Waals surface area contributed by atoms with Crippen LogP contribution in [0.4, 0.5) is 0 Å². The normalized spacial score (nSPS) is 40.1. The molecule has 0 aromatic rings. The molecule has 0 radical (unpaired) electrons. The molecule has 2 rings (SSSR count). The molecule has 2 bridgehead atoms. The number of piperidine rings is 1. The molecule has 3 unspecified atom stereocenters. The van der Waals surface area contributed by atoms with Crippen molar-refractivity contribution in [1.29, 1.82) is 5.26 Å². The van der Waals surface area contributed by atoms with Crippen LogP contribution in [0.2, 0.25) is 0 Å². The summed E-state index contributed by atoms with van der Waals surface area (Å²) in [6, 6.07) is 2.45. The molecule has 0 aromatic carbocycles. The van der Waals surface area contributed by atoms with Gasteiger partial charge >= 0.3 is 0 Å². The molecule has 3 atom stereocenters. The van der Waals surface area contributed by atoms with E-state index in [0.29, 0.717) is 12.5 Å². The fraction of sp³-hybridized carbons (Fsp3) is 0.727. The molecule has 0 amide bonds. The highest BCUT2D eigenvalue weighted by atomic mass is 15.2. The number of rotatable bonds is 2. The lowest BCUT2D eigenvalue weighted by molar-refractivity contribution is 0.180. The molecule has 3 nitrogen and oxygen atoms in total. The fourth-order valence-corrected chi connectivity index (χ4v) is 2.60. The van der Waals surface area contributed by atoms with E-state index < -0.39 is 0 Å². The number of hydrogen-bond acceptors (Lipinski definition) is 3. The SMILES string of the molecule is C#CCNC1(C#N)CCN2CCC1C2. The molecule has 74 valence electrons. The van der Waals surface area contributed by atoms with Crippen LogP contribution in [0, 0.1) is 29.6 Å². The molecule has 2 heterocycles. The maximum absolute atomic E-state index is 9.29. The quantitative estimate of drug-likeness (QED) is 0.631. The second-order valence-corrected chi connectivity index (χ2v) is 4.18. The van der Waals surface area contributed by atoms with Crippen LogP contribution >= 0.6 is 0 Å². The molecule has 2 fully saturated rings. The van der Waals surface area contributed by atoms with Crippen LogP contribution in [-0.2, 0) is 0 Å². The zero-order valence-corrected chi connectivity index (χ0v) is 8.29. The topological polar surface area (TPSA) is 39.1 Å². The predicted molar refractivity (Wildman–Crippen MR) is 54.3 cm³/mol. The fourth-order valence-electron chi connectivity index (χ4n) is 2.60. The molecular formula is C11H15N3. The molecule has 0 saturated carbocycles. The standard InChI is InChI=1S/C11H15N3/c1-2-5-13-11(9-12)4-7-14-6-3-10(11)8-14/h1,10,13H,3-8H2. The van der Waals surface area contributed by atoms with E-state index in [-0.39, 0.29) is 5.54 Å². The van der Waals surface area contributed by atoms with E-state index in [4.69, 9.17) is 6.42 Å². The second-order valence-electron chi connectivity index (χ2n) is 4.18. The lowest BCUT2D eigenvalue weighted by Crippen LogP contribution is -2.55. The van der Waals surface area contributed by atoms with Crippen LogP contribution in [-0.4, -0.2) is 36.6 Å². The van der Waals surface area contributed by atoms with Crippen LogP contribution in [0.25, 0.3) is 0 Å². The van der Waals surface area contributed by atoms with Crippen molar-refractivity contribution in [2.45, 2.75) is 18.4 Å². The Bertz CT molecular complexity index is 299. The monoisotopic (exact) mass is 189 g/mol. The van der Waals surface area contributed by atoms with E-state index >= 15 is 0 Å². The Morgan fingerprint density at radius 2 is 2.43 bits per heavy atom. The first-order valence-electron chi connectivity index (χ1n) is 5.13. The van der Waals surface area contributed by atoms with Gasteiger partial charge in [0.05, 0.1) is 12.6 Å². The third kappa shape index (κ3) is 1.39. The smallest absolute Gasteiger partial charge is 0.112 e. The molecule has 14 heavy (non-hydrogen) atoms. The number of hydrogen-bond donors (Lipinski definition) is 1. The van der Waals surface area contributed by atoms with Gasteiger partial charge in [0.15, 0.2) is 0 Å². The zero-order valence-electron chi connectivity index (χ0n) is 8.29. The first kappa shape index (κ1) is 9.52. The molecule has 1 N–H and O–H groups in total. The van der Waals surface area contributed by atoms with Gasteiger partial charge in [-0.2, -0.15) is 5.26 Å². The number of fused-ring (bicyclic) bond motifs is 2. The van der Waals surface area contributed by atoms with Gasteiger partial charge in [0, 0.05) is 19.0 Å². The zero-order chi connectivity index (χ0) is 10.0. The lowest BCUT2D eigenvalue weighted by atomic mass is 9.80. The van der Waals surface area contributed by atoms with E-state index in [2.05, 4.69) is 22.2 Å². The van der Waals surface area contributed by atoms with E-state index in [1.165, 1.54) is 0 Å². The van der Waals surface area contributed by atoms with Crippen molar-refractivity contribution in [3.05, 3.63) is 0 Å². The van der Waals surface area contributed by atoms with Gasteiger partial charge in [-0.25, -0.2) is 0 Å². The van der Waals surface area contributed by atoms with Gasteiger partial charge in [-0.3, -0.25) is 5.32 Å². The van der Waals surface area contributed by atoms with Crippen LogP contribution in [0.3, 0.4) is 0 Å². The van der Waals surface area contributed by atoms with Gasteiger partial charge < -0.3 is 4.90 Å². The minimum absolute atomic E-state index is 0.348. The minimum atomic E-state index is -0.348. The average Bonchev–Trinajstić information content (AvgIpc) is 2.63. The summed E-state index contributed by atoms with van der Waals surface area (Å²) in [5.41, 5.74) is -0.348. The number of nitriles is 1. The summed E-state index contributed by atoms with van der Waals surface area (Å²) < 4.78 is 0. The van der Waals surface area contributed by atoms with Gasteiger partial charge in [-0.15, -0.1) is 6.42 Å². The Balaban J connectivity index is 2.12. The maximum Gasteiger partial charge on any atom is 0.112 e. The molecular weight excluding hydrogens is 174 g/mol. The van der Waals surface area contributed by atoms with Crippen molar-refractivity contribution < 1.29 is 0 Å². The highest BCUT2D eigenvalue weighted by Crippen LogP contribution is 2.34. The molecule has 2 aliphatic rings. The van der Waals surface area contributed by atoms with Gasteiger partial charge in [0.1, 0.15) is 5.54 Å². The Morgan fingerprint density at radius 3 is 3.14 bits per heavy atom. The van der Waals surface area contributed by atoms with Crippen molar-refractivity contribution in [3.63, 3.8) is 0 Å². The molecule has 2 saturated heterocycles. The summed E-state index contributed by atoms with van der Waals surface area (Å²) >= 11 is 0. The lowest BCUT2D eigenvalue weighted by Gasteiger charge is -2.37. The van der Waals surface area contributed by atoms with Crippen molar-refractivity contribution in [1.82, 2.24) is 10.2 Å². The molecule has 0 spiro atoms. The summed E-state index contributed by atoms with van der Waals surface area (Å²) in [6.07, 6.45) is 7.27. The average molecular weight is 189 g/mol. The van der Waals surface area contributed by atoms with Crippen LogP contribution < -0.4 is 5.32 Å². The van der Waals surface area contributed by atoms with Gasteiger partial charge in [0.25, 0.3) is 0 Å². The first-order chi connectivity index (χ1) is 6.80. The Hall–Kier alpha value is -1.03. The largest absolute Gasteiger partial charge is 0.303 e. The van der Waals surface area contributed by atoms with E-state index in [0.717, 1.165) is 32.5 Å². The Kier molecular flexibility index (Phi) is 2.46. The summed E-state index contributed by atoms with van der Waals surface area (Å²) in [5, 5.41) is 12.5. The first-order valence-corrected chi connectivity index (χ1v) is 5.13. The summed E-state index contributed by atoms with van der Waals surface area (Å²) in [6.45, 7) is 3.74. The second kappa shape index (κ2) is 3.61. The Morgan fingerprint density at radius 1 is 1.57 bits per heavy atom. The number of nitrogens with zero attached hydrogens (tertiary/aromatic N) is 2. The third-order valence-corrected chi connectivity index (χ3v) is 3.50. The molecule has 2 aliphatic heterocycles.